The lowest BCUT2D eigenvalue weighted by molar-refractivity contribution is -0.144. The number of rotatable bonds is 5. The van der Waals surface area contributed by atoms with Gasteiger partial charge in [-0.3, -0.25) is 9.59 Å². The molecule has 1 aromatic rings. The summed E-state index contributed by atoms with van der Waals surface area (Å²) in [5, 5.41) is 9.36. The van der Waals surface area contributed by atoms with E-state index in [-0.39, 0.29) is 24.3 Å². The van der Waals surface area contributed by atoms with Gasteiger partial charge in [0.2, 0.25) is 5.91 Å². The highest BCUT2D eigenvalue weighted by Gasteiger charge is 2.27. The predicted octanol–water partition coefficient (Wildman–Crippen LogP) is 2.62. The molecule has 0 fully saturated rings. The van der Waals surface area contributed by atoms with E-state index in [4.69, 9.17) is 16.7 Å². The first-order valence-electron chi connectivity index (χ1n) is 6.05. The zero-order valence-corrected chi connectivity index (χ0v) is 12.0. The highest BCUT2D eigenvalue weighted by molar-refractivity contribution is 6.30. The monoisotopic (exact) mass is 283 g/mol. The number of carbonyl (C=O) groups is 2. The molecule has 0 spiro atoms. The van der Waals surface area contributed by atoms with Crippen LogP contribution >= 0.6 is 11.6 Å². The smallest absolute Gasteiger partial charge is 0.323 e. The number of amides is 1. The average molecular weight is 284 g/mol. The van der Waals surface area contributed by atoms with Gasteiger partial charge in [-0.2, -0.15) is 0 Å². The van der Waals surface area contributed by atoms with E-state index < -0.39 is 5.97 Å². The third-order valence-corrected chi connectivity index (χ3v) is 3.16. The Kier molecular flexibility index (Phi) is 5.36. The Bertz CT molecular complexity index is 456. The number of carboxylic acids is 1. The van der Waals surface area contributed by atoms with Gasteiger partial charge in [-0.1, -0.05) is 37.6 Å². The summed E-state index contributed by atoms with van der Waals surface area (Å²) in [6.45, 7) is 3.58. The van der Waals surface area contributed by atoms with Crippen LogP contribution in [0, 0.1) is 5.92 Å². The molecule has 4 nitrogen and oxygen atoms in total. The molecule has 1 amide bonds. The zero-order valence-electron chi connectivity index (χ0n) is 11.3. The molecular weight excluding hydrogens is 266 g/mol. The molecule has 0 aliphatic carbocycles. The second kappa shape index (κ2) is 6.57. The lowest BCUT2D eigenvalue weighted by Crippen LogP contribution is -2.37. The minimum absolute atomic E-state index is 0.0740. The minimum atomic E-state index is -1.02. The zero-order chi connectivity index (χ0) is 14.6. The van der Waals surface area contributed by atoms with Crippen molar-refractivity contribution in [3.05, 3.63) is 34.9 Å². The van der Waals surface area contributed by atoms with Gasteiger partial charge in [0.05, 0.1) is 5.92 Å². The van der Waals surface area contributed by atoms with E-state index >= 15 is 0 Å². The minimum Gasteiger partial charge on any atom is -0.480 e. The van der Waals surface area contributed by atoms with Crippen molar-refractivity contribution in [1.82, 2.24) is 4.90 Å². The molecule has 0 aliphatic rings. The van der Waals surface area contributed by atoms with Crippen molar-refractivity contribution in [3.63, 3.8) is 0 Å². The molecule has 0 saturated carbocycles. The van der Waals surface area contributed by atoms with Gasteiger partial charge >= 0.3 is 5.97 Å². The normalized spacial score (nSPS) is 12.3. The first-order chi connectivity index (χ1) is 8.82. The fraction of sp³-hybridized carbons (Fsp3) is 0.429. The second-order valence-corrected chi connectivity index (χ2v) is 5.30. The number of likely N-dealkylation sites (N-methyl/N-ethyl adjacent to an activating group) is 1. The van der Waals surface area contributed by atoms with Crippen LogP contribution < -0.4 is 0 Å². The van der Waals surface area contributed by atoms with E-state index in [1.165, 1.54) is 11.9 Å². The van der Waals surface area contributed by atoms with Gasteiger partial charge in [0.1, 0.15) is 6.54 Å². The highest BCUT2D eigenvalue weighted by Crippen LogP contribution is 2.27. The number of carboxylic acid groups (broad SMARTS) is 1. The number of hydrogen-bond acceptors (Lipinski definition) is 2. The van der Waals surface area contributed by atoms with Gasteiger partial charge in [0, 0.05) is 12.1 Å². The van der Waals surface area contributed by atoms with E-state index in [0.717, 1.165) is 5.56 Å². The van der Waals surface area contributed by atoms with Gasteiger partial charge in [0.25, 0.3) is 0 Å². The SMILES string of the molecule is CC(C)C(C(=O)N(C)CC(=O)O)c1ccc(Cl)cc1. The molecule has 5 heteroatoms. The summed E-state index contributed by atoms with van der Waals surface area (Å²) in [6.07, 6.45) is 0. The van der Waals surface area contributed by atoms with Crippen LogP contribution in [0.1, 0.15) is 25.3 Å². The van der Waals surface area contributed by atoms with Gasteiger partial charge in [-0.25, -0.2) is 0 Å². The van der Waals surface area contributed by atoms with Crippen molar-refractivity contribution >= 4 is 23.5 Å². The molecule has 1 rings (SSSR count). The molecule has 1 aromatic carbocycles. The Hall–Kier alpha value is -1.55. The molecule has 0 heterocycles. The lowest BCUT2D eigenvalue weighted by atomic mass is 9.87. The molecule has 1 N–H and O–H groups in total. The topological polar surface area (TPSA) is 57.6 Å². The molecule has 1 unspecified atom stereocenters. The maximum Gasteiger partial charge on any atom is 0.323 e. The summed E-state index contributed by atoms with van der Waals surface area (Å²) >= 11 is 5.83. The van der Waals surface area contributed by atoms with Crippen molar-refractivity contribution in [2.24, 2.45) is 5.92 Å². The lowest BCUT2D eigenvalue weighted by Gasteiger charge is -2.25. The number of aliphatic carboxylic acids is 1. The van der Waals surface area contributed by atoms with Crippen molar-refractivity contribution in [2.45, 2.75) is 19.8 Å². The van der Waals surface area contributed by atoms with Crippen molar-refractivity contribution in [1.29, 1.82) is 0 Å². The number of hydrogen-bond donors (Lipinski definition) is 1. The third kappa shape index (κ3) is 4.24. The fourth-order valence-corrected chi connectivity index (χ4v) is 2.13. The predicted molar refractivity (Wildman–Crippen MR) is 74.3 cm³/mol. The molecular formula is C14H18ClNO3. The van der Waals surface area contributed by atoms with E-state index in [1.807, 2.05) is 13.8 Å². The Morgan fingerprint density at radius 3 is 2.21 bits per heavy atom. The van der Waals surface area contributed by atoms with Gasteiger partial charge < -0.3 is 10.0 Å². The van der Waals surface area contributed by atoms with E-state index in [2.05, 4.69) is 0 Å². The van der Waals surface area contributed by atoms with Crippen LogP contribution in [0.15, 0.2) is 24.3 Å². The van der Waals surface area contributed by atoms with Crippen LogP contribution in [-0.4, -0.2) is 35.5 Å². The number of benzene rings is 1. The summed E-state index contributed by atoms with van der Waals surface area (Å²) in [5.74, 6) is -1.50. The summed E-state index contributed by atoms with van der Waals surface area (Å²) in [6, 6.07) is 7.08. The van der Waals surface area contributed by atoms with Crippen LogP contribution in [0.25, 0.3) is 0 Å². The van der Waals surface area contributed by atoms with Gasteiger partial charge in [-0.05, 0) is 23.6 Å². The summed E-state index contributed by atoms with van der Waals surface area (Å²) in [5.41, 5.74) is 0.849. The largest absolute Gasteiger partial charge is 0.480 e. The summed E-state index contributed by atoms with van der Waals surface area (Å²) in [4.78, 5) is 24.2. The standard InChI is InChI=1S/C14H18ClNO3/c1-9(2)13(10-4-6-11(15)7-5-10)14(19)16(3)8-12(17)18/h4-7,9,13H,8H2,1-3H3,(H,17,18). The van der Waals surface area contributed by atoms with Crippen molar-refractivity contribution in [2.75, 3.05) is 13.6 Å². The van der Waals surface area contributed by atoms with Crippen LogP contribution in [0.2, 0.25) is 5.02 Å². The van der Waals surface area contributed by atoms with E-state index in [1.54, 1.807) is 24.3 Å². The van der Waals surface area contributed by atoms with E-state index in [9.17, 15) is 9.59 Å². The third-order valence-electron chi connectivity index (χ3n) is 2.91. The molecule has 0 bridgehead atoms. The quantitative estimate of drug-likeness (QED) is 0.904. The summed E-state index contributed by atoms with van der Waals surface area (Å²) < 4.78 is 0. The van der Waals surface area contributed by atoms with Crippen molar-refractivity contribution in [3.8, 4) is 0 Å². The fourth-order valence-electron chi connectivity index (χ4n) is 2.00. The second-order valence-electron chi connectivity index (χ2n) is 4.86. The van der Waals surface area contributed by atoms with Crippen LogP contribution in [-0.2, 0) is 9.59 Å². The molecule has 19 heavy (non-hydrogen) atoms. The number of nitrogens with zero attached hydrogens (tertiary/aromatic N) is 1. The summed E-state index contributed by atoms with van der Waals surface area (Å²) in [7, 11) is 1.50. The molecule has 104 valence electrons. The van der Waals surface area contributed by atoms with Gasteiger partial charge in [0.15, 0.2) is 0 Å². The van der Waals surface area contributed by atoms with Crippen molar-refractivity contribution < 1.29 is 14.7 Å². The van der Waals surface area contributed by atoms with E-state index in [0.29, 0.717) is 5.02 Å². The molecule has 0 radical (unpaired) electrons. The molecule has 1 atom stereocenters. The molecule has 0 saturated heterocycles. The van der Waals surface area contributed by atoms with Crippen LogP contribution in [0.5, 0.6) is 0 Å². The molecule has 0 aliphatic heterocycles. The maximum absolute atomic E-state index is 12.3. The number of carbonyl (C=O) groups excluding carboxylic acids is 1. The maximum atomic E-state index is 12.3. The Morgan fingerprint density at radius 2 is 1.79 bits per heavy atom. The highest BCUT2D eigenvalue weighted by atomic mass is 35.5. The van der Waals surface area contributed by atoms with Crippen LogP contribution in [0.4, 0.5) is 0 Å². The first-order valence-corrected chi connectivity index (χ1v) is 6.43. The van der Waals surface area contributed by atoms with Gasteiger partial charge in [-0.15, -0.1) is 0 Å². The Morgan fingerprint density at radius 1 is 1.26 bits per heavy atom. The number of halogens is 1. The average Bonchev–Trinajstić information content (AvgIpc) is 2.30. The Balaban J connectivity index is 2.97. The molecule has 0 aromatic heterocycles. The van der Waals surface area contributed by atoms with Crippen LogP contribution in [0.3, 0.4) is 0 Å². The Labute approximate surface area is 118 Å². The first kappa shape index (κ1) is 15.5.